The van der Waals surface area contributed by atoms with Gasteiger partial charge >= 0.3 is 0 Å². The minimum absolute atomic E-state index is 0.0442. The van der Waals surface area contributed by atoms with E-state index in [0.717, 1.165) is 5.56 Å². The summed E-state index contributed by atoms with van der Waals surface area (Å²) in [5.74, 6) is -0.271. The van der Waals surface area contributed by atoms with Gasteiger partial charge in [-0.2, -0.15) is 0 Å². The Kier molecular flexibility index (Phi) is 7.35. The molecule has 1 aliphatic rings. The van der Waals surface area contributed by atoms with Gasteiger partial charge in [-0.1, -0.05) is 6.07 Å². The van der Waals surface area contributed by atoms with Crippen LogP contribution < -0.4 is 10.1 Å². The van der Waals surface area contributed by atoms with Crippen molar-refractivity contribution in [1.82, 2.24) is 20.1 Å². The summed E-state index contributed by atoms with van der Waals surface area (Å²) in [5.41, 5.74) is 1.44. The molecule has 7 nitrogen and oxygen atoms in total. The number of methoxy groups -OCH3 is 1. The first-order chi connectivity index (χ1) is 14.5. The van der Waals surface area contributed by atoms with Gasteiger partial charge in [0.05, 0.1) is 19.6 Å². The fourth-order valence-electron chi connectivity index (χ4n) is 3.55. The zero-order valence-electron chi connectivity index (χ0n) is 17.3. The van der Waals surface area contributed by atoms with Crippen LogP contribution in [0.4, 0.5) is 4.39 Å². The largest absolute Gasteiger partial charge is 0.497 e. The third-order valence-electron chi connectivity index (χ3n) is 5.30. The normalized spacial score (nSPS) is 16.8. The summed E-state index contributed by atoms with van der Waals surface area (Å²) in [7, 11) is 1.48. The van der Waals surface area contributed by atoms with Crippen LogP contribution in [0.2, 0.25) is 0 Å². The van der Waals surface area contributed by atoms with Crippen molar-refractivity contribution in [1.29, 1.82) is 0 Å². The van der Waals surface area contributed by atoms with E-state index in [-0.39, 0.29) is 24.8 Å². The highest BCUT2D eigenvalue weighted by molar-refractivity contribution is 5.88. The van der Waals surface area contributed by atoms with Gasteiger partial charge in [0.1, 0.15) is 11.6 Å². The third-order valence-corrected chi connectivity index (χ3v) is 5.30. The van der Waals surface area contributed by atoms with Crippen molar-refractivity contribution < 1.29 is 18.7 Å². The van der Waals surface area contributed by atoms with Crippen molar-refractivity contribution in [3.05, 3.63) is 59.7 Å². The first kappa shape index (κ1) is 21.7. The molecule has 1 atom stereocenters. The van der Waals surface area contributed by atoms with Crippen molar-refractivity contribution in [2.45, 2.75) is 32.5 Å². The number of rotatable bonds is 8. The Morgan fingerprint density at radius 2 is 2.10 bits per heavy atom. The van der Waals surface area contributed by atoms with E-state index in [9.17, 15) is 14.0 Å². The molecule has 3 rings (SSSR count). The Morgan fingerprint density at radius 3 is 2.77 bits per heavy atom. The standard InChI is InChI=1S/C22H27FN4O3/c1-3-26(14-16-6-8-24-9-7-16)21(28)13-20-22(29)25-10-11-27(20)15-17-4-5-18(30-2)12-19(17)23/h4-9,12,20H,3,10-11,13-15H2,1-2H3,(H,25,29)/t20-/m0/s1. The number of benzene rings is 1. The highest BCUT2D eigenvalue weighted by atomic mass is 19.1. The van der Waals surface area contributed by atoms with E-state index in [1.165, 1.54) is 13.2 Å². The third kappa shape index (κ3) is 5.33. The minimum Gasteiger partial charge on any atom is -0.497 e. The molecule has 0 unspecified atom stereocenters. The molecule has 0 bridgehead atoms. The number of aromatic nitrogens is 1. The fraction of sp³-hybridized carbons (Fsp3) is 0.409. The van der Waals surface area contributed by atoms with Crippen LogP contribution in [0.5, 0.6) is 5.75 Å². The molecule has 8 heteroatoms. The van der Waals surface area contributed by atoms with Gasteiger partial charge in [0.15, 0.2) is 0 Å². The predicted octanol–water partition coefficient (Wildman–Crippen LogP) is 1.97. The molecule has 2 aromatic rings. The molecule has 2 amide bonds. The van der Waals surface area contributed by atoms with Crippen LogP contribution in [0.25, 0.3) is 0 Å². The number of carbonyl (C=O) groups is 2. The maximum absolute atomic E-state index is 14.4. The molecule has 1 saturated heterocycles. The molecule has 1 N–H and O–H groups in total. The number of pyridine rings is 1. The van der Waals surface area contributed by atoms with Crippen molar-refractivity contribution in [2.24, 2.45) is 0 Å². The van der Waals surface area contributed by atoms with Gasteiger partial charge in [-0.15, -0.1) is 0 Å². The smallest absolute Gasteiger partial charge is 0.237 e. The van der Waals surface area contributed by atoms with Gasteiger partial charge in [0.25, 0.3) is 0 Å². The van der Waals surface area contributed by atoms with E-state index in [2.05, 4.69) is 10.3 Å². The van der Waals surface area contributed by atoms with Crippen molar-refractivity contribution >= 4 is 11.8 Å². The van der Waals surface area contributed by atoms with Crippen molar-refractivity contribution in [2.75, 3.05) is 26.7 Å². The van der Waals surface area contributed by atoms with E-state index in [0.29, 0.717) is 37.5 Å². The van der Waals surface area contributed by atoms with Crippen LogP contribution in [-0.4, -0.2) is 59.4 Å². The molecule has 0 spiro atoms. The van der Waals surface area contributed by atoms with Gasteiger partial charge in [-0.25, -0.2) is 4.39 Å². The van der Waals surface area contributed by atoms with Gasteiger partial charge in [-0.05, 0) is 30.7 Å². The second-order valence-electron chi connectivity index (χ2n) is 7.20. The van der Waals surface area contributed by atoms with Crippen LogP contribution in [0.1, 0.15) is 24.5 Å². The molecule has 1 fully saturated rings. The first-order valence-electron chi connectivity index (χ1n) is 10.0. The van der Waals surface area contributed by atoms with Gasteiger partial charge in [0.2, 0.25) is 11.8 Å². The predicted molar refractivity (Wildman–Crippen MR) is 110 cm³/mol. The van der Waals surface area contributed by atoms with Crippen LogP contribution in [0.15, 0.2) is 42.7 Å². The van der Waals surface area contributed by atoms with Crippen LogP contribution in [0, 0.1) is 5.82 Å². The number of piperazine rings is 1. The molecular formula is C22H27FN4O3. The Labute approximate surface area is 175 Å². The summed E-state index contributed by atoms with van der Waals surface area (Å²) in [6.07, 6.45) is 3.42. The second-order valence-corrected chi connectivity index (χ2v) is 7.20. The van der Waals surface area contributed by atoms with E-state index >= 15 is 0 Å². The van der Waals surface area contributed by atoms with Crippen molar-refractivity contribution in [3.63, 3.8) is 0 Å². The SMILES string of the molecule is CCN(Cc1ccncc1)C(=O)C[C@H]1C(=O)NCCN1Cc1ccc(OC)cc1F. The number of hydrogen-bond acceptors (Lipinski definition) is 5. The number of halogens is 1. The van der Waals surface area contributed by atoms with Crippen LogP contribution >= 0.6 is 0 Å². The minimum atomic E-state index is -0.640. The summed E-state index contributed by atoms with van der Waals surface area (Å²) in [6, 6.07) is 7.76. The number of carbonyl (C=O) groups excluding carboxylic acids is 2. The lowest BCUT2D eigenvalue weighted by molar-refractivity contribution is -0.139. The Bertz CT molecular complexity index is 878. The summed E-state index contributed by atoms with van der Waals surface area (Å²) in [6.45, 7) is 4.16. The average molecular weight is 414 g/mol. The molecule has 1 aliphatic heterocycles. The number of hydrogen-bond donors (Lipinski definition) is 1. The maximum atomic E-state index is 14.4. The Hall–Kier alpha value is -3.00. The first-order valence-corrected chi connectivity index (χ1v) is 10.0. The van der Waals surface area contributed by atoms with E-state index in [4.69, 9.17) is 4.74 Å². The van der Waals surface area contributed by atoms with E-state index < -0.39 is 11.9 Å². The highest BCUT2D eigenvalue weighted by Gasteiger charge is 2.33. The summed E-state index contributed by atoms with van der Waals surface area (Å²) < 4.78 is 19.5. The lowest BCUT2D eigenvalue weighted by Crippen LogP contribution is -2.56. The Morgan fingerprint density at radius 1 is 1.33 bits per heavy atom. The summed E-state index contributed by atoms with van der Waals surface area (Å²) in [4.78, 5) is 33.1. The zero-order chi connectivity index (χ0) is 21.5. The van der Waals surface area contributed by atoms with E-state index in [1.807, 2.05) is 24.0 Å². The number of nitrogens with one attached hydrogen (secondary N) is 1. The molecule has 160 valence electrons. The number of nitrogens with zero attached hydrogens (tertiary/aromatic N) is 3. The molecule has 1 aromatic carbocycles. The maximum Gasteiger partial charge on any atom is 0.237 e. The highest BCUT2D eigenvalue weighted by Crippen LogP contribution is 2.21. The molecule has 30 heavy (non-hydrogen) atoms. The summed E-state index contributed by atoms with van der Waals surface area (Å²) in [5, 5.41) is 2.82. The average Bonchev–Trinajstić information content (AvgIpc) is 2.76. The molecular weight excluding hydrogens is 387 g/mol. The molecule has 1 aromatic heterocycles. The van der Waals surface area contributed by atoms with Gasteiger partial charge < -0.3 is 15.0 Å². The second kappa shape index (κ2) is 10.2. The molecule has 0 radical (unpaired) electrons. The summed E-state index contributed by atoms with van der Waals surface area (Å²) >= 11 is 0. The molecule has 2 heterocycles. The van der Waals surface area contributed by atoms with Gasteiger partial charge in [0, 0.05) is 56.7 Å². The van der Waals surface area contributed by atoms with Gasteiger partial charge in [-0.3, -0.25) is 19.5 Å². The lowest BCUT2D eigenvalue weighted by Gasteiger charge is -2.35. The quantitative estimate of drug-likeness (QED) is 0.715. The molecule has 0 saturated carbocycles. The monoisotopic (exact) mass is 414 g/mol. The number of amides is 2. The van der Waals surface area contributed by atoms with Crippen molar-refractivity contribution in [3.8, 4) is 5.75 Å². The fourth-order valence-corrected chi connectivity index (χ4v) is 3.55. The van der Waals surface area contributed by atoms with E-state index in [1.54, 1.807) is 29.4 Å². The van der Waals surface area contributed by atoms with Crippen LogP contribution in [0.3, 0.4) is 0 Å². The zero-order valence-corrected chi connectivity index (χ0v) is 17.3. The topological polar surface area (TPSA) is 74.8 Å². The Balaban J connectivity index is 1.71. The molecule has 0 aliphatic carbocycles. The van der Waals surface area contributed by atoms with Crippen LogP contribution in [-0.2, 0) is 22.7 Å². The number of ether oxygens (including phenoxy) is 1. The lowest BCUT2D eigenvalue weighted by atomic mass is 10.1.